The summed E-state index contributed by atoms with van der Waals surface area (Å²) in [7, 11) is 1.93. The van der Waals surface area contributed by atoms with Crippen molar-refractivity contribution < 1.29 is 9.47 Å². The van der Waals surface area contributed by atoms with Gasteiger partial charge in [0, 0.05) is 17.6 Å². The first-order valence-corrected chi connectivity index (χ1v) is 9.83. The number of hydrogen-bond donors (Lipinski definition) is 1. The summed E-state index contributed by atoms with van der Waals surface area (Å²) in [5.41, 5.74) is 2.03. The first-order valence-electron chi connectivity index (χ1n) is 9.45. The van der Waals surface area contributed by atoms with Crippen LogP contribution in [0.15, 0.2) is 30.3 Å². The third-order valence-electron chi connectivity index (χ3n) is 5.39. The van der Waals surface area contributed by atoms with E-state index >= 15 is 0 Å². The lowest BCUT2D eigenvalue weighted by Gasteiger charge is -2.42. The Hall–Kier alpha value is -1.56. The lowest BCUT2D eigenvalue weighted by molar-refractivity contribution is -0.131. The normalized spacial score (nSPS) is 24.8. The number of aromatic nitrogens is 2. The van der Waals surface area contributed by atoms with E-state index in [0.717, 1.165) is 35.2 Å². The number of ether oxygens (including phenoxy) is 2. The van der Waals surface area contributed by atoms with Crippen molar-refractivity contribution in [2.24, 2.45) is 5.92 Å². The average molecular weight is 376 g/mol. The van der Waals surface area contributed by atoms with Gasteiger partial charge >= 0.3 is 0 Å². The van der Waals surface area contributed by atoms with E-state index in [1.807, 2.05) is 42.1 Å². The third kappa shape index (κ3) is 4.05. The summed E-state index contributed by atoms with van der Waals surface area (Å²) < 4.78 is 14.3. The maximum atomic E-state index is 6.24. The zero-order valence-corrected chi connectivity index (χ0v) is 15.9. The number of nitrogens with one attached hydrogen (secondary N) is 1. The molecule has 2 aliphatic heterocycles. The third-order valence-corrected chi connectivity index (χ3v) is 5.63. The van der Waals surface area contributed by atoms with Crippen molar-refractivity contribution in [2.75, 3.05) is 7.05 Å². The van der Waals surface area contributed by atoms with Crippen LogP contribution in [0.3, 0.4) is 0 Å². The fourth-order valence-corrected chi connectivity index (χ4v) is 4.28. The molecule has 5 rings (SSSR count). The molecular weight excluding hydrogens is 350 g/mol. The summed E-state index contributed by atoms with van der Waals surface area (Å²) in [5, 5.41) is 8.61. The highest BCUT2D eigenvalue weighted by molar-refractivity contribution is 6.30. The van der Waals surface area contributed by atoms with Gasteiger partial charge in [-0.3, -0.25) is 0 Å². The number of halogens is 1. The van der Waals surface area contributed by atoms with E-state index < -0.39 is 0 Å². The number of rotatable bonds is 7. The van der Waals surface area contributed by atoms with Crippen molar-refractivity contribution in [1.29, 1.82) is 0 Å². The topological polar surface area (TPSA) is 48.3 Å². The summed E-state index contributed by atoms with van der Waals surface area (Å²) in [4.78, 5) is 0. The van der Waals surface area contributed by atoms with Crippen molar-refractivity contribution >= 4 is 11.6 Å². The Kier molecular flexibility index (Phi) is 5.48. The summed E-state index contributed by atoms with van der Waals surface area (Å²) >= 11 is 6.07. The maximum Gasteiger partial charge on any atom is 0.212 e. The molecule has 1 N–H and O–H groups in total. The fourth-order valence-electron chi connectivity index (χ4n) is 4.07. The standard InChI is InChI=1S/C20H26ClN3O2/c1-22-11-17-10-20(25-13-14-3-2-4-16(21)9-14)24(23-17)12-19-15-5-7-18(26-19)8-6-15/h2-4,9-10,15,18-19,22H,5-8,11-13H2,1H3. The van der Waals surface area contributed by atoms with Crippen LogP contribution in [-0.2, 0) is 24.4 Å². The molecule has 3 fully saturated rings. The Morgan fingerprint density at radius 3 is 2.81 bits per heavy atom. The molecule has 6 heteroatoms. The zero-order valence-electron chi connectivity index (χ0n) is 15.2. The van der Waals surface area contributed by atoms with Gasteiger partial charge in [-0.15, -0.1) is 0 Å². The van der Waals surface area contributed by atoms with Crippen LogP contribution in [0.25, 0.3) is 0 Å². The smallest absolute Gasteiger partial charge is 0.212 e. The molecule has 2 bridgehead atoms. The quantitative estimate of drug-likeness (QED) is 0.799. The molecule has 1 unspecified atom stereocenters. The van der Waals surface area contributed by atoms with Crippen molar-refractivity contribution in [3.05, 3.63) is 46.6 Å². The van der Waals surface area contributed by atoms with Gasteiger partial charge in [0.1, 0.15) is 6.61 Å². The minimum Gasteiger partial charge on any atom is -0.473 e. The highest BCUT2D eigenvalue weighted by atomic mass is 35.5. The van der Waals surface area contributed by atoms with Crippen molar-refractivity contribution in [3.63, 3.8) is 0 Å². The predicted octanol–water partition coefficient (Wildman–Crippen LogP) is 3.79. The molecule has 1 aromatic carbocycles. The van der Waals surface area contributed by atoms with E-state index in [-0.39, 0.29) is 6.10 Å². The molecule has 2 aromatic rings. The summed E-state index contributed by atoms with van der Waals surface area (Å²) in [6, 6.07) is 9.78. The van der Waals surface area contributed by atoms with Crippen LogP contribution in [0.5, 0.6) is 5.88 Å². The van der Waals surface area contributed by atoms with E-state index in [0.29, 0.717) is 18.6 Å². The molecule has 5 nitrogen and oxygen atoms in total. The second kappa shape index (κ2) is 7.99. The lowest BCUT2D eigenvalue weighted by atomic mass is 9.80. The molecule has 0 radical (unpaired) electrons. The lowest BCUT2D eigenvalue weighted by Crippen LogP contribution is -2.43. The van der Waals surface area contributed by atoms with Crippen LogP contribution in [0.2, 0.25) is 5.02 Å². The van der Waals surface area contributed by atoms with Crippen LogP contribution in [-0.4, -0.2) is 29.0 Å². The minimum atomic E-state index is 0.248. The van der Waals surface area contributed by atoms with Gasteiger partial charge in [-0.2, -0.15) is 5.10 Å². The van der Waals surface area contributed by atoms with Gasteiger partial charge in [-0.25, -0.2) is 4.68 Å². The highest BCUT2D eigenvalue weighted by Crippen LogP contribution is 2.38. The molecule has 1 atom stereocenters. The Morgan fingerprint density at radius 2 is 2.12 bits per heavy atom. The summed E-state index contributed by atoms with van der Waals surface area (Å²) in [6.07, 6.45) is 5.66. The molecule has 3 heterocycles. The Labute approximate surface area is 159 Å². The summed E-state index contributed by atoms with van der Waals surface area (Å²) in [6.45, 7) is 1.96. The fraction of sp³-hybridized carbons (Fsp3) is 0.550. The SMILES string of the molecule is CNCc1cc(OCc2cccc(Cl)c2)n(CC2OC3CCC2CC3)n1. The Bertz CT molecular complexity index is 740. The van der Waals surface area contributed by atoms with Gasteiger partial charge in [-0.05, 0) is 56.3 Å². The molecule has 26 heavy (non-hydrogen) atoms. The van der Waals surface area contributed by atoms with Gasteiger partial charge in [0.25, 0.3) is 0 Å². The monoisotopic (exact) mass is 375 g/mol. The largest absolute Gasteiger partial charge is 0.473 e. The van der Waals surface area contributed by atoms with Crippen molar-refractivity contribution in [2.45, 2.75) is 57.6 Å². The predicted molar refractivity (Wildman–Crippen MR) is 101 cm³/mol. The molecule has 1 saturated carbocycles. The maximum absolute atomic E-state index is 6.24. The molecule has 3 aliphatic rings. The van der Waals surface area contributed by atoms with E-state index in [2.05, 4.69) is 5.32 Å². The molecule has 1 aromatic heterocycles. The van der Waals surface area contributed by atoms with Crippen LogP contribution in [0.4, 0.5) is 0 Å². The average Bonchev–Trinajstić information content (AvgIpc) is 3.03. The van der Waals surface area contributed by atoms with Crippen molar-refractivity contribution in [1.82, 2.24) is 15.1 Å². The molecule has 1 aliphatic carbocycles. The van der Waals surface area contributed by atoms with Gasteiger partial charge < -0.3 is 14.8 Å². The Balaban J connectivity index is 1.48. The van der Waals surface area contributed by atoms with E-state index in [4.69, 9.17) is 26.2 Å². The Morgan fingerprint density at radius 1 is 1.27 bits per heavy atom. The highest BCUT2D eigenvalue weighted by Gasteiger charge is 2.37. The van der Waals surface area contributed by atoms with Crippen LogP contribution in [0, 0.1) is 5.92 Å². The second-order valence-corrected chi connectivity index (χ2v) is 7.75. The summed E-state index contributed by atoms with van der Waals surface area (Å²) in [5.74, 6) is 1.44. The van der Waals surface area contributed by atoms with Gasteiger partial charge in [0.2, 0.25) is 5.88 Å². The van der Waals surface area contributed by atoms with E-state index in [1.165, 1.54) is 25.7 Å². The van der Waals surface area contributed by atoms with Crippen LogP contribution >= 0.6 is 11.6 Å². The molecule has 0 amide bonds. The number of fused-ring (bicyclic) bond motifs is 3. The van der Waals surface area contributed by atoms with Gasteiger partial charge in [0.05, 0.1) is 24.4 Å². The first-order chi connectivity index (χ1) is 12.7. The number of nitrogens with zero attached hydrogens (tertiary/aromatic N) is 2. The van der Waals surface area contributed by atoms with Crippen molar-refractivity contribution in [3.8, 4) is 5.88 Å². The van der Waals surface area contributed by atoms with Gasteiger partial charge in [0.15, 0.2) is 0 Å². The molecule has 2 saturated heterocycles. The molecular formula is C20H26ClN3O2. The van der Waals surface area contributed by atoms with Crippen LogP contribution < -0.4 is 10.1 Å². The first kappa shape index (κ1) is 17.8. The van der Waals surface area contributed by atoms with E-state index in [1.54, 1.807) is 0 Å². The second-order valence-electron chi connectivity index (χ2n) is 7.32. The number of benzene rings is 1. The number of hydrogen-bond acceptors (Lipinski definition) is 4. The zero-order chi connectivity index (χ0) is 17.9. The minimum absolute atomic E-state index is 0.248. The van der Waals surface area contributed by atoms with Crippen LogP contribution in [0.1, 0.15) is 36.9 Å². The molecule has 140 valence electrons. The van der Waals surface area contributed by atoms with Gasteiger partial charge in [-0.1, -0.05) is 23.7 Å². The molecule has 0 spiro atoms. The van der Waals surface area contributed by atoms with E-state index in [9.17, 15) is 0 Å².